The lowest BCUT2D eigenvalue weighted by molar-refractivity contribution is 0.0696. The monoisotopic (exact) mass is 298 g/mol. The maximum absolute atomic E-state index is 12.6. The molecule has 6 heteroatoms. The third kappa shape index (κ3) is 2.39. The molecule has 3 aromatic rings. The summed E-state index contributed by atoms with van der Waals surface area (Å²) in [6, 6.07) is 8.05. The molecule has 0 saturated heterocycles. The molecule has 6 nitrogen and oxygen atoms in total. The first kappa shape index (κ1) is 14.1. The molecule has 2 heterocycles. The number of aromatic nitrogens is 2. The molecule has 3 rings (SSSR count). The van der Waals surface area contributed by atoms with Gasteiger partial charge >= 0.3 is 5.97 Å². The highest BCUT2D eigenvalue weighted by Gasteiger charge is 2.10. The highest BCUT2D eigenvalue weighted by molar-refractivity contribution is 5.88. The Hall–Kier alpha value is -2.89. The predicted octanol–water partition coefficient (Wildman–Crippen LogP) is 2.33. The summed E-state index contributed by atoms with van der Waals surface area (Å²) in [7, 11) is 0. The van der Waals surface area contributed by atoms with Crippen LogP contribution in [0.25, 0.3) is 16.6 Å². The van der Waals surface area contributed by atoms with Crippen molar-refractivity contribution in [3.63, 3.8) is 0 Å². The van der Waals surface area contributed by atoms with E-state index in [0.717, 1.165) is 0 Å². The van der Waals surface area contributed by atoms with Gasteiger partial charge in [0.05, 0.1) is 22.6 Å². The van der Waals surface area contributed by atoms with E-state index in [0.29, 0.717) is 22.3 Å². The molecule has 112 valence electrons. The van der Waals surface area contributed by atoms with Crippen LogP contribution in [0.4, 0.5) is 0 Å². The van der Waals surface area contributed by atoms with Gasteiger partial charge in [0.25, 0.3) is 5.56 Å². The van der Waals surface area contributed by atoms with E-state index >= 15 is 0 Å². The molecule has 0 aliphatic heterocycles. The van der Waals surface area contributed by atoms with Crippen LogP contribution in [0.5, 0.6) is 5.75 Å². The Morgan fingerprint density at radius 2 is 2.05 bits per heavy atom. The van der Waals surface area contributed by atoms with E-state index in [4.69, 9.17) is 9.84 Å². The third-order valence-electron chi connectivity index (χ3n) is 3.20. The zero-order chi connectivity index (χ0) is 15.9. The zero-order valence-electron chi connectivity index (χ0n) is 12.1. The largest absolute Gasteiger partial charge is 0.491 e. The number of hydrogen-bond acceptors (Lipinski definition) is 4. The van der Waals surface area contributed by atoms with E-state index in [9.17, 15) is 9.59 Å². The van der Waals surface area contributed by atoms with Crippen LogP contribution < -0.4 is 10.3 Å². The molecule has 2 aromatic heterocycles. The Kier molecular flexibility index (Phi) is 3.29. The third-order valence-corrected chi connectivity index (χ3v) is 3.20. The van der Waals surface area contributed by atoms with Crippen molar-refractivity contribution < 1.29 is 14.6 Å². The van der Waals surface area contributed by atoms with Crippen LogP contribution in [0.15, 0.2) is 41.3 Å². The minimum atomic E-state index is -1.09. The van der Waals surface area contributed by atoms with Crippen molar-refractivity contribution in [1.82, 2.24) is 9.38 Å². The number of nitrogens with zero attached hydrogens (tertiary/aromatic N) is 2. The SMILES string of the molecule is CC(C)Oc1ccc2nc3ccc(C(=O)O)cn3c(=O)c2c1. The second-order valence-corrected chi connectivity index (χ2v) is 5.21. The van der Waals surface area contributed by atoms with Gasteiger partial charge in [-0.15, -0.1) is 0 Å². The van der Waals surface area contributed by atoms with E-state index in [1.807, 2.05) is 13.8 Å². The fraction of sp³-hybridized carbons (Fsp3) is 0.188. The van der Waals surface area contributed by atoms with Crippen LogP contribution in [-0.4, -0.2) is 26.6 Å². The molecule has 0 aliphatic rings. The molecule has 0 unspecified atom stereocenters. The average Bonchev–Trinajstić information content (AvgIpc) is 2.47. The lowest BCUT2D eigenvalue weighted by Gasteiger charge is -2.10. The van der Waals surface area contributed by atoms with Crippen molar-refractivity contribution >= 4 is 22.5 Å². The van der Waals surface area contributed by atoms with Gasteiger partial charge in [-0.3, -0.25) is 9.20 Å². The van der Waals surface area contributed by atoms with Crippen LogP contribution in [0, 0.1) is 0 Å². The molecule has 1 aromatic carbocycles. The van der Waals surface area contributed by atoms with Crippen LogP contribution in [0.2, 0.25) is 0 Å². The molecule has 1 N–H and O–H groups in total. The second kappa shape index (κ2) is 5.14. The maximum atomic E-state index is 12.6. The Balaban J connectivity index is 2.29. The summed E-state index contributed by atoms with van der Waals surface area (Å²) in [5, 5.41) is 9.42. The number of aromatic carboxylic acids is 1. The predicted molar refractivity (Wildman–Crippen MR) is 81.7 cm³/mol. The van der Waals surface area contributed by atoms with E-state index < -0.39 is 5.97 Å². The van der Waals surface area contributed by atoms with Gasteiger partial charge in [-0.25, -0.2) is 9.78 Å². The number of pyridine rings is 1. The summed E-state index contributed by atoms with van der Waals surface area (Å²) in [5.74, 6) is -0.512. The Morgan fingerprint density at radius 3 is 2.73 bits per heavy atom. The maximum Gasteiger partial charge on any atom is 0.337 e. The van der Waals surface area contributed by atoms with Gasteiger partial charge in [0.15, 0.2) is 0 Å². The molecule has 0 aliphatic carbocycles. The normalized spacial score (nSPS) is 11.2. The topological polar surface area (TPSA) is 80.9 Å². The minimum absolute atomic E-state index is 0.00719. The Labute approximate surface area is 125 Å². The fourth-order valence-corrected chi connectivity index (χ4v) is 2.26. The number of benzene rings is 1. The minimum Gasteiger partial charge on any atom is -0.491 e. The van der Waals surface area contributed by atoms with E-state index in [-0.39, 0.29) is 17.2 Å². The van der Waals surface area contributed by atoms with Crippen LogP contribution in [0.1, 0.15) is 24.2 Å². The van der Waals surface area contributed by atoms with Gasteiger partial charge in [0.1, 0.15) is 11.4 Å². The van der Waals surface area contributed by atoms with E-state index in [2.05, 4.69) is 4.98 Å². The van der Waals surface area contributed by atoms with Gasteiger partial charge in [0.2, 0.25) is 0 Å². The smallest absolute Gasteiger partial charge is 0.337 e. The lowest BCUT2D eigenvalue weighted by Crippen LogP contribution is -2.17. The summed E-state index contributed by atoms with van der Waals surface area (Å²) in [4.78, 5) is 28.0. The van der Waals surface area contributed by atoms with Crippen molar-refractivity contribution in [2.24, 2.45) is 0 Å². The summed E-state index contributed by atoms with van der Waals surface area (Å²) in [6.07, 6.45) is 1.27. The van der Waals surface area contributed by atoms with Gasteiger partial charge in [-0.1, -0.05) is 0 Å². The second-order valence-electron chi connectivity index (χ2n) is 5.21. The molecule has 0 amide bonds. The first-order valence-corrected chi connectivity index (χ1v) is 6.82. The standard InChI is InChI=1S/C16H14N2O4/c1-9(2)22-11-4-5-13-12(7-11)15(19)18-8-10(16(20)21)3-6-14(18)17-13/h3-9H,1-2H3,(H,20,21). The average molecular weight is 298 g/mol. The molecule has 0 atom stereocenters. The van der Waals surface area contributed by atoms with Crippen molar-refractivity contribution in [1.29, 1.82) is 0 Å². The molecule has 0 fully saturated rings. The summed E-state index contributed by atoms with van der Waals surface area (Å²) in [6.45, 7) is 3.80. The van der Waals surface area contributed by atoms with Crippen molar-refractivity contribution in [2.75, 3.05) is 0 Å². The molecular formula is C16H14N2O4. The first-order valence-electron chi connectivity index (χ1n) is 6.82. The summed E-state index contributed by atoms with van der Waals surface area (Å²) < 4.78 is 6.82. The van der Waals surface area contributed by atoms with Gasteiger partial charge in [-0.2, -0.15) is 0 Å². The van der Waals surface area contributed by atoms with Gasteiger partial charge in [0, 0.05) is 6.20 Å². The zero-order valence-corrected chi connectivity index (χ0v) is 12.1. The first-order chi connectivity index (χ1) is 10.5. The Bertz CT molecular complexity index is 944. The van der Waals surface area contributed by atoms with Crippen LogP contribution in [0.3, 0.4) is 0 Å². The van der Waals surface area contributed by atoms with Crippen LogP contribution >= 0.6 is 0 Å². The van der Waals surface area contributed by atoms with Crippen LogP contribution in [-0.2, 0) is 0 Å². The van der Waals surface area contributed by atoms with Crippen molar-refractivity contribution in [3.8, 4) is 5.75 Å². The number of ether oxygens (including phenoxy) is 1. The number of carboxylic acids is 1. The Morgan fingerprint density at radius 1 is 1.27 bits per heavy atom. The molecule has 0 radical (unpaired) electrons. The molecular weight excluding hydrogens is 284 g/mol. The van der Waals surface area contributed by atoms with Gasteiger partial charge < -0.3 is 9.84 Å². The molecule has 22 heavy (non-hydrogen) atoms. The molecule has 0 spiro atoms. The number of rotatable bonds is 3. The van der Waals surface area contributed by atoms with Crippen molar-refractivity contribution in [2.45, 2.75) is 20.0 Å². The lowest BCUT2D eigenvalue weighted by atomic mass is 10.2. The summed E-state index contributed by atoms with van der Waals surface area (Å²) >= 11 is 0. The fourth-order valence-electron chi connectivity index (χ4n) is 2.26. The highest BCUT2D eigenvalue weighted by Crippen LogP contribution is 2.19. The number of hydrogen-bond donors (Lipinski definition) is 1. The highest BCUT2D eigenvalue weighted by atomic mass is 16.5. The molecule has 0 saturated carbocycles. The number of carboxylic acid groups (broad SMARTS) is 1. The number of carbonyl (C=O) groups is 1. The van der Waals surface area contributed by atoms with Crippen molar-refractivity contribution in [3.05, 3.63) is 52.4 Å². The van der Waals surface area contributed by atoms with Gasteiger partial charge in [-0.05, 0) is 44.2 Å². The van der Waals surface area contributed by atoms with E-state index in [1.165, 1.54) is 22.7 Å². The molecule has 0 bridgehead atoms. The quantitative estimate of drug-likeness (QED) is 0.751. The number of fused-ring (bicyclic) bond motifs is 2. The summed E-state index contributed by atoms with van der Waals surface area (Å²) in [5.41, 5.74) is 0.659. The van der Waals surface area contributed by atoms with E-state index in [1.54, 1.807) is 18.2 Å².